The number of carbonyl (C=O) groups is 2. The van der Waals surface area contributed by atoms with Gasteiger partial charge in [0.1, 0.15) is 0 Å². The summed E-state index contributed by atoms with van der Waals surface area (Å²) in [5.74, 6) is 0.479. The number of amides is 2. The summed E-state index contributed by atoms with van der Waals surface area (Å²) in [5, 5.41) is 1.80. The predicted octanol–water partition coefficient (Wildman–Crippen LogP) is 5.45. The summed E-state index contributed by atoms with van der Waals surface area (Å²) in [5.41, 5.74) is 1.93. The van der Waals surface area contributed by atoms with Gasteiger partial charge in [0.25, 0.3) is 11.5 Å². The zero-order valence-corrected chi connectivity index (χ0v) is 23.4. The van der Waals surface area contributed by atoms with Crippen molar-refractivity contribution in [2.24, 2.45) is 0 Å². The number of carbonyl (C=O) groups excluding carboxylic acids is 2. The topological polar surface area (TPSA) is 84.7 Å². The van der Waals surface area contributed by atoms with Gasteiger partial charge in [-0.05, 0) is 49.2 Å². The van der Waals surface area contributed by atoms with Gasteiger partial charge in [0.2, 0.25) is 0 Å². The van der Waals surface area contributed by atoms with Crippen molar-refractivity contribution in [2.75, 3.05) is 32.8 Å². The van der Waals surface area contributed by atoms with Gasteiger partial charge in [-0.15, -0.1) is 0 Å². The molecule has 1 aliphatic heterocycles. The molecule has 0 aliphatic carbocycles. The fourth-order valence-electron chi connectivity index (χ4n) is 4.43. The molecule has 0 spiro atoms. The summed E-state index contributed by atoms with van der Waals surface area (Å²) in [6.07, 6.45) is 2.62. The number of nitrogens with zero attached hydrogens (tertiary/aromatic N) is 4. The van der Waals surface area contributed by atoms with Crippen LogP contribution in [0, 0.1) is 0 Å². The highest BCUT2D eigenvalue weighted by atomic mass is 35.5. The Morgan fingerprint density at radius 3 is 2.50 bits per heavy atom. The van der Waals surface area contributed by atoms with Gasteiger partial charge in [0.15, 0.2) is 5.16 Å². The van der Waals surface area contributed by atoms with E-state index in [1.54, 1.807) is 39.5 Å². The number of piperazine rings is 1. The third kappa shape index (κ3) is 6.69. The lowest BCUT2D eigenvalue weighted by molar-refractivity contribution is 0.0570. The lowest BCUT2D eigenvalue weighted by atomic mass is 10.1. The van der Waals surface area contributed by atoms with Crippen molar-refractivity contribution in [1.82, 2.24) is 19.4 Å². The first kappa shape index (κ1) is 28.0. The Balaban J connectivity index is 1.58. The van der Waals surface area contributed by atoms with Crippen LogP contribution in [0.15, 0.2) is 52.4 Å². The number of rotatable bonds is 9. The van der Waals surface area contributed by atoms with Crippen LogP contribution >= 0.6 is 23.4 Å². The monoisotopic (exact) mass is 556 g/mol. The van der Waals surface area contributed by atoms with Crippen LogP contribution < -0.4 is 5.56 Å². The number of unbranched alkanes of at least 4 members (excludes halogenated alkanes) is 2. The normalized spacial score (nSPS) is 13.7. The van der Waals surface area contributed by atoms with Crippen LogP contribution in [0.3, 0.4) is 0 Å². The van der Waals surface area contributed by atoms with Crippen LogP contribution in [-0.2, 0) is 17.0 Å². The zero-order chi connectivity index (χ0) is 27.1. The van der Waals surface area contributed by atoms with E-state index in [0.29, 0.717) is 71.7 Å². The predicted molar refractivity (Wildman–Crippen MR) is 151 cm³/mol. The third-order valence-corrected chi connectivity index (χ3v) is 7.79. The maximum Gasteiger partial charge on any atom is 0.409 e. The number of benzene rings is 2. The molecule has 2 heterocycles. The van der Waals surface area contributed by atoms with Crippen LogP contribution in [0.1, 0.15) is 49.0 Å². The molecule has 0 unspecified atom stereocenters. The molecule has 0 atom stereocenters. The molecule has 10 heteroatoms. The van der Waals surface area contributed by atoms with E-state index in [9.17, 15) is 14.4 Å². The summed E-state index contributed by atoms with van der Waals surface area (Å²) < 4.78 is 6.82. The molecule has 8 nitrogen and oxygen atoms in total. The molecule has 202 valence electrons. The standard InChI is InChI=1S/C28H33ClN4O4S/c1-3-5-6-12-33-26(35)23-11-10-21(25(34)31-13-15-32(16-14-31)28(36)37-4-2)18-24(23)30-27(33)38-19-20-8-7-9-22(29)17-20/h7-11,17-18H,3-6,12-16,19H2,1-2H3. The van der Waals surface area contributed by atoms with Gasteiger partial charge < -0.3 is 14.5 Å². The second-order valence-corrected chi connectivity index (χ2v) is 10.6. The molecule has 1 aromatic heterocycles. The number of hydrogen-bond donors (Lipinski definition) is 0. The van der Waals surface area contributed by atoms with Crippen molar-refractivity contribution >= 4 is 46.3 Å². The summed E-state index contributed by atoms with van der Waals surface area (Å²) in [7, 11) is 0. The molecule has 0 radical (unpaired) electrons. The fourth-order valence-corrected chi connectivity index (χ4v) is 5.61. The van der Waals surface area contributed by atoms with Gasteiger partial charge in [0.05, 0.1) is 17.5 Å². The summed E-state index contributed by atoms with van der Waals surface area (Å²) in [4.78, 5) is 46.9. The average Bonchev–Trinajstić information content (AvgIpc) is 2.93. The van der Waals surface area contributed by atoms with Crippen molar-refractivity contribution < 1.29 is 14.3 Å². The molecule has 0 N–H and O–H groups in total. The number of hydrogen-bond acceptors (Lipinski definition) is 6. The van der Waals surface area contributed by atoms with Gasteiger partial charge in [-0.25, -0.2) is 9.78 Å². The molecular weight excluding hydrogens is 524 g/mol. The fraction of sp³-hybridized carbons (Fsp3) is 0.429. The van der Waals surface area contributed by atoms with E-state index in [1.807, 2.05) is 24.3 Å². The Bertz CT molecular complexity index is 1350. The first-order valence-electron chi connectivity index (χ1n) is 13.0. The highest BCUT2D eigenvalue weighted by Crippen LogP contribution is 2.25. The van der Waals surface area contributed by atoms with E-state index in [0.717, 1.165) is 24.8 Å². The number of fused-ring (bicyclic) bond motifs is 1. The smallest absolute Gasteiger partial charge is 0.409 e. The minimum absolute atomic E-state index is 0.0956. The molecule has 1 fully saturated rings. The molecule has 38 heavy (non-hydrogen) atoms. The van der Waals surface area contributed by atoms with Crippen LogP contribution in [0.25, 0.3) is 10.9 Å². The maximum absolute atomic E-state index is 13.5. The first-order valence-corrected chi connectivity index (χ1v) is 14.4. The molecule has 1 aliphatic rings. The minimum Gasteiger partial charge on any atom is -0.450 e. The summed E-state index contributed by atoms with van der Waals surface area (Å²) in [6.45, 7) is 6.50. The Morgan fingerprint density at radius 2 is 1.79 bits per heavy atom. The van der Waals surface area contributed by atoms with E-state index in [1.165, 1.54) is 11.8 Å². The lowest BCUT2D eigenvalue weighted by Gasteiger charge is -2.34. The van der Waals surface area contributed by atoms with Gasteiger partial charge in [0, 0.05) is 49.1 Å². The Kier molecular flexibility index (Phi) is 9.69. The number of ether oxygens (including phenoxy) is 1. The lowest BCUT2D eigenvalue weighted by Crippen LogP contribution is -2.50. The van der Waals surface area contributed by atoms with E-state index < -0.39 is 0 Å². The van der Waals surface area contributed by atoms with Gasteiger partial charge >= 0.3 is 6.09 Å². The average molecular weight is 557 g/mol. The molecule has 3 aromatic rings. The number of aromatic nitrogens is 2. The van der Waals surface area contributed by atoms with Crippen molar-refractivity contribution in [1.29, 1.82) is 0 Å². The first-order chi connectivity index (χ1) is 18.4. The molecule has 1 saturated heterocycles. The molecule has 2 amide bonds. The van der Waals surface area contributed by atoms with E-state index in [4.69, 9.17) is 21.3 Å². The van der Waals surface area contributed by atoms with Crippen molar-refractivity contribution in [3.8, 4) is 0 Å². The van der Waals surface area contributed by atoms with E-state index in [-0.39, 0.29) is 17.6 Å². The molecule has 4 rings (SSSR count). The SMILES string of the molecule is CCCCCn1c(SCc2cccc(Cl)c2)nc2cc(C(=O)N3CCN(C(=O)OCC)CC3)ccc2c1=O. The quantitative estimate of drug-likeness (QED) is 0.198. The largest absolute Gasteiger partial charge is 0.450 e. The molecular formula is C28H33ClN4O4S. The Hall–Kier alpha value is -3.04. The summed E-state index contributed by atoms with van der Waals surface area (Å²) in [6, 6.07) is 12.8. The second kappa shape index (κ2) is 13.2. The number of halogens is 1. The van der Waals surface area contributed by atoms with E-state index >= 15 is 0 Å². The van der Waals surface area contributed by atoms with Crippen LogP contribution in [0.4, 0.5) is 4.79 Å². The molecule has 0 bridgehead atoms. The van der Waals surface area contributed by atoms with Crippen LogP contribution in [0.2, 0.25) is 5.02 Å². The summed E-state index contributed by atoms with van der Waals surface area (Å²) >= 11 is 7.65. The van der Waals surface area contributed by atoms with Gasteiger partial charge in [-0.1, -0.05) is 55.3 Å². The van der Waals surface area contributed by atoms with Crippen LogP contribution in [-0.4, -0.2) is 64.1 Å². The van der Waals surface area contributed by atoms with Gasteiger partial charge in [-0.2, -0.15) is 0 Å². The van der Waals surface area contributed by atoms with Gasteiger partial charge in [-0.3, -0.25) is 14.2 Å². The third-order valence-electron chi connectivity index (χ3n) is 6.50. The van der Waals surface area contributed by atoms with Crippen molar-refractivity contribution in [3.05, 3.63) is 69.0 Å². The number of thioether (sulfide) groups is 1. The maximum atomic E-state index is 13.5. The van der Waals surface area contributed by atoms with Crippen LogP contribution in [0.5, 0.6) is 0 Å². The Morgan fingerprint density at radius 1 is 1.03 bits per heavy atom. The molecule has 0 saturated carbocycles. The van der Waals surface area contributed by atoms with Crippen molar-refractivity contribution in [2.45, 2.75) is 50.6 Å². The van der Waals surface area contributed by atoms with Crippen molar-refractivity contribution in [3.63, 3.8) is 0 Å². The zero-order valence-electron chi connectivity index (χ0n) is 21.8. The molecule has 2 aromatic carbocycles. The minimum atomic E-state index is -0.354. The highest BCUT2D eigenvalue weighted by molar-refractivity contribution is 7.98. The Labute approximate surface area is 231 Å². The van der Waals surface area contributed by atoms with E-state index in [2.05, 4.69) is 6.92 Å². The second-order valence-electron chi connectivity index (χ2n) is 9.19. The highest BCUT2D eigenvalue weighted by Gasteiger charge is 2.26.